The Morgan fingerprint density at radius 2 is 1.32 bits per heavy atom. The van der Waals surface area contributed by atoms with E-state index in [9.17, 15) is 14.7 Å². The summed E-state index contributed by atoms with van der Waals surface area (Å²) >= 11 is 0. The lowest BCUT2D eigenvalue weighted by molar-refractivity contribution is -0.118. The number of aliphatic hydroxyl groups excluding tert-OH is 1. The molecule has 0 radical (unpaired) electrons. The fraction of sp³-hybridized carbons (Fsp3) is 0.229. The topological polar surface area (TPSA) is 159 Å². The molecule has 62 heavy (non-hydrogen) atoms. The van der Waals surface area contributed by atoms with Crippen molar-refractivity contribution < 1.29 is 38.4 Å². The van der Waals surface area contributed by atoms with E-state index in [4.69, 9.17) is 23.7 Å². The van der Waals surface area contributed by atoms with E-state index in [1.165, 1.54) is 11.2 Å². The SMILES string of the molecule is COc1ccc(C(OC[C@@H]2O[C@H](n3cnc4c(OC(=O)N(c5ccccc5)c5ccccc5)nc(NC(=O)C(C)C)nc43)C[C@@H]2O)(c2ccccc2)c2ccc(OC)cc2)cc1. The molecule has 3 heterocycles. The lowest BCUT2D eigenvalue weighted by atomic mass is 9.80. The predicted molar refractivity (Wildman–Crippen MR) is 233 cm³/mol. The molecule has 14 nitrogen and oxygen atoms in total. The van der Waals surface area contributed by atoms with Gasteiger partial charge in [-0.2, -0.15) is 9.97 Å². The van der Waals surface area contributed by atoms with Crippen molar-refractivity contribution in [3.05, 3.63) is 163 Å². The van der Waals surface area contributed by atoms with E-state index in [2.05, 4.69) is 20.3 Å². The van der Waals surface area contributed by atoms with E-state index in [1.54, 1.807) is 56.9 Å². The highest BCUT2D eigenvalue weighted by molar-refractivity contribution is 5.98. The maximum absolute atomic E-state index is 14.1. The van der Waals surface area contributed by atoms with Gasteiger partial charge in [-0.15, -0.1) is 0 Å². The first-order valence-electron chi connectivity index (χ1n) is 20.2. The van der Waals surface area contributed by atoms with Crippen molar-refractivity contribution in [3.8, 4) is 17.4 Å². The largest absolute Gasteiger partial charge is 0.497 e. The number of hydrogen-bond acceptors (Lipinski definition) is 11. The molecule has 1 saturated heterocycles. The van der Waals surface area contributed by atoms with Crippen LogP contribution in [0.2, 0.25) is 0 Å². The van der Waals surface area contributed by atoms with Crippen molar-refractivity contribution in [1.29, 1.82) is 0 Å². The Bertz CT molecular complexity index is 2520. The summed E-state index contributed by atoms with van der Waals surface area (Å²) in [6, 6.07) is 43.3. The number of fused-ring (bicyclic) bond motifs is 1. The van der Waals surface area contributed by atoms with Gasteiger partial charge in [0.15, 0.2) is 11.2 Å². The van der Waals surface area contributed by atoms with Gasteiger partial charge in [0.2, 0.25) is 11.9 Å². The minimum Gasteiger partial charge on any atom is -0.497 e. The predicted octanol–water partition coefficient (Wildman–Crippen LogP) is 8.43. The molecular weight excluding hydrogens is 789 g/mol. The number of amides is 2. The van der Waals surface area contributed by atoms with Crippen LogP contribution in [0.1, 0.15) is 43.2 Å². The van der Waals surface area contributed by atoms with Gasteiger partial charge in [0, 0.05) is 12.3 Å². The number of carbonyl (C=O) groups is 2. The van der Waals surface area contributed by atoms with Gasteiger partial charge in [0.1, 0.15) is 29.4 Å². The van der Waals surface area contributed by atoms with Crippen LogP contribution in [-0.2, 0) is 19.9 Å². The monoisotopic (exact) mass is 834 g/mol. The fourth-order valence-corrected chi connectivity index (χ4v) is 7.44. The Morgan fingerprint density at radius 1 is 0.790 bits per heavy atom. The van der Waals surface area contributed by atoms with Crippen LogP contribution in [0.5, 0.6) is 17.4 Å². The first kappa shape index (κ1) is 41.6. The van der Waals surface area contributed by atoms with Crippen molar-refractivity contribution in [2.24, 2.45) is 5.92 Å². The lowest BCUT2D eigenvalue weighted by Crippen LogP contribution is -2.38. The second-order valence-electron chi connectivity index (χ2n) is 14.9. The molecule has 2 amide bonds. The molecule has 0 spiro atoms. The van der Waals surface area contributed by atoms with Gasteiger partial charge >= 0.3 is 6.09 Å². The van der Waals surface area contributed by atoms with Crippen LogP contribution >= 0.6 is 0 Å². The fourth-order valence-electron chi connectivity index (χ4n) is 7.44. The van der Waals surface area contributed by atoms with Crippen LogP contribution in [0.15, 0.2) is 146 Å². The number of benzene rings is 5. The summed E-state index contributed by atoms with van der Waals surface area (Å²) in [5, 5.41) is 14.4. The number of aliphatic hydroxyl groups is 1. The van der Waals surface area contributed by atoms with E-state index < -0.39 is 36.0 Å². The number of carbonyl (C=O) groups excluding carboxylic acids is 2. The molecule has 0 saturated carbocycles. The highest BCUT2D eigenvalue weighted by Crippen LogP contribution is 2.43. The first-order chi connectivity index (χ1) is 30.2. The highest BCUT2D eigenvalue weighted by atomic mass is 16.6. The maximum atomic E-state index is 14.1. The highest BCUT2D eigenvalue weighted by Gasteiger charge is 2.42. The Labute approximate surface area is 358 Å². The van der Waals surface area contributed by atoms with Gasteiger partial charge in [-0.05, 0) is 65.2 Å². The number of para-hydroxylation sites is 2. The number of aromatic nitrogens is 4. The van der Waals surface area contributed by atoms with E-state index >= 15 is 0 Å². The average Bonchev–Trinajstić information content (AvgIpc) is 3.91. The van der Waals surface area contributed by atoms with Crippen LogP contribution in [-0.4, -0.2) is 69.7 Å². The molecule has 1 aliphatic rings. The molecule has 5 aromatic carbocycles. The van der Waals surface area contributed by atoms with Gasteiger partial charge in [-0.25, -0.2) is 14.7 Å². The van der Waals surface area contributed by atoms with Crippen LogP contribution in [0.25, 0.3) is 11.2 Å². The quantitative estimate of drug-likeness (QED) is 0.101. The number of ether oxygens (including phenoxy) is 5. The second kappa shape index (κ2) is 18.2. The normalized spacial score (nSPS) is 16.3. The Kier molecular flexibility index (Phi) is 12.2. The van der Waals surface area contributed by atoms with E-state index in [0.717, 1.165) is 16.7 Å². The summed E-state index contributed by atoms with van der Waals surface area (Å²) in [7, 11) is 3.23. The third-order valence-corrected chi connectivity index (χ3v) is 10.7. The summed E-state index contributed by atoms with van der Waals surface area (Å²) in [6.07, 6.45) is -1.69. The number of hydrogen-bond donors (Lipinski definition) is 2. The molecule has 316 valence electrons. The molecule has 14 heteroatoms. The van der Waals surface area contributed by atoms with Crippen LogP contribution < -0.4 is 24.4 Å². The number of anilines is 3. The zero-order chi connectivity index (χ0) is 43.2. The molecule has 0 aliphatic carbocycles. The molecule has 1 fully saturated rings. The maximum Gasteiger partial charge on any atom is 0.425 e. The van der Waals surface area contributed by atoms with Crippen molar-refractivity contribution in [2.45, 2.75) is 44.3 Å². The molecule has 2 N–H and O–H groups in total. The van der Waals surface area contributed by atoms with Gasteiger partial charge in [-0.1, -0.05) is 105 Å². The Morgan fingerprint density at radius 3 is 1.85 bits per heavy atom. The average molecular weight is 835 g/mol. The smallest absolute Gasteiger partial charge is 0.425 e. The lowest BCUT2D eigenvalue weighted by Gasteiger charge is -2.37. The summed E-state index contributed by atoms with van der Waals surface area (Å²) < 4.78 is 32.3. The van der Waals surface area contributed by atoms with Crippen LogP contribution in [0.4, 0.5) is 22.1 Å². The van der Waals surface area contributed by atoms with Crippen molar-refractivity contribution in [1.82, 2.24) is 19.5 Å². The van der Waals surface area contributed by atoms with Crippen molar-refractivity contribution in [3.63, 3.8) is 0 Å². The van der Waals surface area contributed by atoms with Gasteiger partial charge in [-0.3, -0.25) is 14.7 Å². The molecule has 8 rings (SSSR count). The minimum absolute atomic E-state index is 0.0282. The Balaban J connectivity index is 1.13. The van der Waals surface area contributed by atoms with Crippen molar-refractivity contribution >= 4 is 40.5 Å². The van der Waals surface area contributed by atoms with E-state index in [0.29, 0.717) is 22.9 Å². The van der Waals surface area contributed by atoms with Gasteiger partial charge in [0.25, 0.3) is 5.88 Å². The third-order valence-electron chi connectivity index (χ3n) is 10.7. The van der Waals surface area contributed by atoms with Gasteiger partial charge in [0.05, 0.1) is 44.6 Å². The molecular formula is C48H46N6O8. The van der Waals surface area contributed by atoms with Crippen LogP contribution in [0, 0.1) is 5.92 Å². The number of nitrogens with zero attached hydrogens (tertiary/aromatic N) is 5. The Hall–Kier alpha value is -7.13. The number of rotatable bonds is 14. The minimum atomic E-state index is -1.15. The second-order valence-corrected chi connectivity index (χ2v) is 14.9. The van der Waals surface area contributed by atoms with Crippen molar-refractivity contribution in [2.75, 3.05) is 31.0 Å². The number of imidazole rings is 1. The molecule has 1 aliphatic heterocycles. The standard InChI is InChI=1S/C48H46N6O8/c1-31(2)44(56)51-46-50-43-42(45(52-46)62-47(57)54(35-16-10-6-11-17-35)36-18-12-7-13-19-36)49-30-53(43)41-28-39(55)40(61-41)29-60-48(32-14-8-5-9-15-32,33-20-24-37(58-3)25-21-33)34-22-26-38(59-4)27-23-34/h5-27,30-31,39-41,55H,28-29H2,1-4H3,(H,50,51,52,56)/t39-,40-,41-/m0/s1. The molecule has 3 atom stereocenters. The van der Waals surface area contributed by atoms with E-state index in [-0.39, 0.29) is 41.9 Å². The number of nitrogens with one attached hydrogen (secondary N) is 1. The molecule has 2 aromatic heterocycles. The zero-order valence-corrected chi connectivity index (χ0v) is 34.6. The summed E-state index contributed by atoms with van der Waals surface area (Å²) in [5.74, 6) is 0.354. The first-order valence-corrected chi connectivity index (χ1v) is 20.2. The van der Waals surface area contributed by atoms with Gasteiger partial charge < -0.3 is 28.8 Å². The zero-order valence-electron chi connectivity index (χ0n) is 34.6. The molecule has 0 bridgehead atoms. The van der Waals surface area contributed by atoms with Crippen LogP contribution in [0.3, 0.4) is 0 Å². The summed E-state index contributed by atoms with van der Waals surface area (Å²) in [4.78, 5) is 42.1. The number of methoxy groups -OCH3 is 2. The summed E-state index contributed by atoms with van der Waals surface area (Å²) in [5.41, 5.74) is 2.83. The third kappa shape index (κ3) is 8.43. The molecule has 0 unspecified atom stereocenters. The molecule has 7 aromatic rings. The van der Waals surface area contributed by atoms with E-state index in [1.807, 2.05) is 115 Å². The summed E-state index contributed by atoms with van der Waals surface area (Å²) in [6.45, 7) is 3.45.